The van der Waals surface area contributed by atoms with Crippen LogP contribution < -0.4 is 0 Å². The van der Waals surface area contributed by atoms with Gasteiger partial charge < -0.3 is 0 Å². The molecule has 8 atom stereocenters. The highest BCUT2D eigenvalue weighted by molar-refractivity contribution is 7.80. The van der Waals surface area contributed by atoms with Gasteiger partial charge in [0.15, 0.2) is 0 Å². The molecule has 0 saturated heterocycles. The average molecular weight is 393 g/mol. The predicted molar refractivity (Wildman–Crippen MR) is 126 cm³/mol. The molecular weight excluding hydrogens is 344 g/mol. The van der Waals surface area contributed by atoms with Gasteiger partial charge in [-0.15, -0.1) is 6.58 Å². The highest BCUT2D eigenvalue weighted by Gasteiger charge is 2.42. The molecule has 0 amide bonds. The Morgan fingerprint density at radius 2 is 1.85 bits per heavy atom. The first-order valence-corrected chi connectivity index (χ1v) is 12.8. The molecule has 0 aromatic carbocycles. The SMILES string of the molecule is C=CCC(CCCC)CCC(C)CCC1C(C)CC2CCC(S)CC2C1C. The topological polar surface area (TPSA) is 0 Å². The van der Waals surface area contributed by atoms with E-state index >= 15 is 0 Å². The summed E-state index contributed by atoms with van der Waals surface area (Å²) in [6, 6.07) is 0. The first-order valence-electron chi connectivity index (χ1n) is 12.2. The molecule has 2 aliphatic carbocycles. The Morgan fingerprint density at radius 1 is 1.07 bits per heavy atom. The van der Waals surface area contributed by atoms with Gasteiger partial charge in [0.05, 0.1) is 0 Å². The third-order valence-corrected chi connectivity index (χ3v) is 8.77. The lowest BCUT2D eigenvalue weighted by molar-refractivity contribution is 0.0214. The van der Waals surface area contributed by atoms with Crippen LogP contribution in [0.4, 0.5) is 0 Å². The van der Waals surface area contributed by atoms with E-state index in [-0.39, 0.29) is 0 Å². The first kappa shape index (κ1) is 23.4. The maximum Gasteiger partial charge on any atom is 0.00197 e. The molecule has 0 aliphatic heterocycles. The van der Waals surface area contributed by atoms with Gasteiger partial charge in [-0.25, -0.2) is 0 Å². The van der Waals surface area contributed by atoms with Gasteiger partial charge in [0.2, 0.25) is 0 Å². The van der Waals surface area contributed by atoms with Crippen LogP contribution in [0.2, 0.25) is 0 Å². The summed E-state index contributed by atoms with van der Waals surface area (Å²) in [6.45, 7) is 13.9. The van der Waals surface area contributed by atoms with Crippen molar-refractivity contribution in [3.05, 3.63) is 12.7 Å². The van der Waals surface area contributed by atoms with Gasteiger partial charge in [0.1, 0.15) is 0 Å². The Hall–Kier alpha value is 0.0900. The van der Waals surface area contributed by atoms with Crippen molar-refractivity contribution in [3.63, 3.8) is 0 Å². The van der Waals surface area contributed by atoms with E-state index in [1.54, 1.807) is 0 Å². The van der Waals surface area contributed by atoms with Crippen LogP contribution in [0.25, 0.3) is 0 Å². The second-order valence-corrected chi connectivity index (χ2v) is 11.1. The van der Waals surface area contributed by atoms with Crippen LogP contribution in [0.5, 0.6) is 0 Å². The van der Waals surface area contributed by atoms with Crippen molar-refractivity contribution in [2.45, 2.75) is 110 Å². The van der Waals surface area contributed by atoms with Gasteiger partial charge in [-0.05, 0) is 86.4 Å². The monoisotopic (exact) mass is 392 g/mol. The van der Waals surface area contributed by atoms with Gasteiger partial charge in [0.25, 0.3) is 0 Å². The van der Waals surface area contributed by atoms with Crippen molar-refractivity contribution in [3.8, 4) is 0 Å². The molecule has 0 aromatic heterocycles. The maximum atomic E-state index is 4.84. The molecule has 0 bridgehead atoms. The van der Waals surface area contributed by atoms with Gasteiger partial charge in [-0.1, -0.05) is 65.9 Å². The second-order valence-electron chi connectivity index (χ2n) is 10.4. The largest absolute Gasteiger partial charge is 0.176 e. The number of hydrogen-bond acceptors (Lipinski definition) is 1. The molecule has 2 aliphatic rings. The number of fused-ring (bicyclic) bond motifs is 1. The lowest BCUT2D eigenvalue weighted by Crippen LogP contribution is -2.41. The van der Waals surface area contributed by atoms with E-state index in [4.69, 9.17) is 12.6 Å². The van der Waals surface area contributed by atoms with Gasteiger partial charge >= 0.3 is 0 Å². The molecular formula is C26H48S. The van der Waals surface area contributed by atoms with Crippen LogP contribution in [0.3, 0.4) is 0 Å². The zero-order valence-electron chi connectivity index (χ0n) is 18.8. The van der Waals surface area contributed by atoms with Gasteiger partial charge in [0, 0.05) is 5.25 Å². The predicted octanol–water partition coefficient (Wildman–Crippen LogP) is 8.57. The van der Waals surface area contributed by atoms with Gasteiger partial charge in [-0.2, -0.15) is 12.6 Å². The molecule has 0 heterocycles. The number of thiol groups is 1. The fraction of sp³-hybridized carbons (Fsp3) is 0.923. The second kappa shape index (κ2) is 11.9. The minimum atomic E-state index is 0.673. The standard InChI is InChI=1S/C26H48S/c1-6-8-10-22(9-7-2)13-11-19(3)12-16-25-20(4)17-23-14-15-24(27)18-26(23)21(25)5/h7,19-27H,2,6,8-18H2,1,3-5H3. The molecule has 0 spiro atoms. The quantitative estimate of drug-likeness (QED) is 0.264. The van der Waals surface area contributed by atoms with Crippen molar-refractivity contribution in [2.24, 2.45) is 41.4 Å². The molecule has 0 N–H and O–H groups in total. The summed E-state index contributed by atoms with van der Waals surface area (Å²) in [6.07, 6.45) is 18.9. The van der Waals surface area contributed by atoms with E-state index in [9.17, 15) is 0 Å². The lowest BCUT2D eigenvalue weighted by Gasteiger charge is -2.49. The van der Waals surface area contributed by atoms with E-state index < -0.39 is 0 Å². The van der Waals surface area contributed by atoms with Gasteiger partial charge in [-0.3, -0.25) is 0 Å². The number of allylic oxidation sites excluding steroid dienone is 1. The van der Waals surface area contributed by atoms with E-state index in [0.717, 1.165) is 41.4 Å². The normalized spacial score (nSPS) is 36.0. The van der Waals surface area contributed by atoms with E-state index in [1.807, 2.05) is 0 Å². The summed E-state index contributed by atoms with van der Waals surface area (Å²) in [5.74, 6) is 6.54. The van der Waals surface area contributed by atoms with Crippen molar-refractivity contribution >= 4 is 12.6 Å². The summed E-state index contributed by atoms with van der Waals surface area (Å²) in [5, 5.41) is 0.673. The number of unbranched alkanes of at least 4 members (excludes halogenated alkanes) is 1. The van der Waals surface area contributed by atoms with E-state index in [1.165, 1.54) is 77.0 Å². The van der Waals surface area contributed by atoms with Crippen LogP contribution >= 0.6 is 12.6 Å². The Bertz CT molecular complexity index is 416. The molecule has 0 nitrogen and oxygen atoms in total. The molecule has 2 fully saturated rings. The first-order chi connectivity index (χ1) is 13.0. The fourth-order valence-corrected chi connectivity index (χ4v) is 6.86. The third-order valence-electron chi connectivity index (χ3n) is 8.30. The fourth-order valence-electron chi connectivity index (χ4n) is 6.47. The summed E-state index contributed by atoms with van der Waals surface area (Å²) in [4.78, 5) is 0. The zero-order valence-corrected chi connectivity index (χ0v) is 19.7. The van der Waals surface area contributed by atoms with Crippen LogP contribution in [-0.4, -0.2) is 5.25 Å². The zero-order chi connectivity index (χ0) is 19.8. The van der Waals surface area contributed by atoms with Crippen molar-refractivity contribution < 1.29 is 0 Å². The summed E-state index contributed by atoms with van der Waals surface area (Å²) in [5.41, 5.74) is 0. The van der Waals surface area contributed by atoms with Crippen LogP contribution in [0, 0.1) is 41.4 Å². The Kier molecular flexibility index (Phi) is 10.3. The molecule has 158 valence electrons. The van der Waals surface area contributed by atoms with Crippen molar-refractivity contribution in [1.82, 2.24) is 0 Å². The maximum absolute atomic E-state index is 4.84. The lowest BCUT2D eigenvalue weighted by atomic mass is 9.57. The minimum absolute atomic E-state index is 0.673. The summed E-state index contributed by atoms with van der Waals surface area (Å²) >= 11 is 4.84. The molecule has 27 heavy (non-hydrogen) atoms. The van der Waals surface area contributed by atoms with Crippen LogP contribution in [0.15, 0.2) is 12.7 Å². The summed E-state index contributed by atoms with van der Waals surface area (Å²) in [7, 11) is 0. The highest BCUT2D eigenvalue weighted by atomic mass is 32.1. The van der Waals surface area contributed by atoms with E-state index in [0.29, 0.717) is 5.25 Å². The molecule has 8 unspecified atom stereocenters. The smallest absolute Gasteiger partial charge is 0.00197 e. The minimum Gasteiger partial charge on any atom is -0.176 e. The van der Waals surface area contributed by atoms with E-state index in [2.05, 4.69) is 40.3 Å². The highest BCUT2D eigenvalue weighted by Crippen LogP contribution is 2.50. The van der Waals surface area contributed by atoms with Crippen molar-refractivity contribution in [2.75, 3.05) is 0 Å². The Labute approximate surface area is 176 Å². The number of hydrogen-bond donors (Lipinski definition) is 1. The van der Waals surface area contributed by atoms with Crippen LogP contribution in [0.1, 0.15) is 105 Å². The molecule has 2 saturated carbocycles. The molecule has 2 rings (SSSR count). The number of rotatable bonds is 11. The molecule has 1 heteroatoms. The third kappa shape index (κ3) is 7.13. The Balaban J connectivity index is 1.77. The average Bonchev–Trinajstić information content (AvgIpc) is 2.64. The Morgan fingerprint density at radius 3 is 2.56 bits per heavy atom. The van der Waals surface area contributed by atoms with Crippen molar-refractivity contribution in [1.29, 1.82) is 0 Å². The molecule has 0 aromatic rings. The molecule has 0 radical (unpaired) electrons. The van der Waals surface area contributed by atoms with Crippen LogP contribution in [-0.2, 0) is 0 Å². The summed E-state index contributed by atoms with van der Waals surface area (Å²) < 4.78 is 0.